The molecule has 0 spiro atoms. The van der Waals surface area contributed by atoms with Crippen LogP contribution in [0.1, 0.15) is 18.9 Å². The maximum absolute atomic E-state index is 13.6. The van der Waals surface area contributed by atoms with Gasteiger partial charge in [-0.25, -0.2) is 4.39 Å². The number of benzene rings is 1. The molecule has 100 valence electrons. The van der Waals surface area contributed by atoms with Crippen molar-refractivity contribution in [3.8, 4) is 6.07 Å². The van der Waals surface area contributed by atoms with Gasteiger partial charge in [-0.05, 0) is 18.6 Å². The van der Waals surface area contributed by atoms with Crippen LogP contribution in [0.25, 0.3) is 0 Å². The third-order valence-electron chi connectivity index (χ3n) is 3.39. The van der Waals surface area contributed by atoms with Crippen molar-refractivity contribution < 1.29 is 9.18 Å². The lowest BCUT2D eigenvalue weighted by Gasteiger charge is -2.24. The smallest absolute Gasteiger partial charge is 0.219 e. The van der Waals surface area contributed by atoms with Crippen molar-refractivity contribution in [1.82, 2.24) is 4.90 Å². The summed E-state index contributed by atoms with van der Waals surface area (Å²) in [4.78, 5) is 15.1. The average molecular weight is 261 g/mol. The zero-order valence-corrected chi connectivity index (χ0v) is 10.9. The van der Waals surface area contributed by atoms with Crippen molar-refractivity contribution in [3.63, 3.8) is 0 Å². The number of carbonyl (C=O) groups is 1. The molecule has 0 bridgehead atoms. The minimum atomic E-state index is -0.493. The number of halogens is 1. The van der Waals surface area contributed by atoms with Gasteiger partial charge < -0.3 is 9.80 Å². The van der Waals surface area contributed by atoms with E-state index in [-0.39, 0.29) is 11.5 Å². The Morgan fingerprint density at radius 1 is 1.32 bits per heavy atom. The Bertz CT molecular complexity index is 524. The van der Waals surface area contributed by atoms with Crippen LogP contribution in [-0.2, 0) is 4.79 Å². The van der Waals surface area contributed by atoms with Crippen molar-refractivity contribution in [2.45, 2.75) is 13.3 Å². The van der Waals surface area contributed by atoms with Crippen LogP contribution >= 0.6 is 0 Å². The first-order chi connectivity index (χ1) is 9.13. The molecule has 0 atom stereocenters. The Kier molecular flexibility index (Phi) is 4.00. The Morgan fingerprint density at radius 3 is 2.79 bits per heavy atom. The zero-order valence-electron chi connectivity index (χ0n) is 10.9. The molecule has 19 heavy (non-hydrogen) atoms. The summed E-state index contributed by atoms with van der Waals surface area (Å²) in [7, 11) is 0. The molecule has 1 amide bonds. The molecule has 1 aromatic rings. The molecule has 1 aliphatic rings. The summed E-state index contributed by atoms with van der Waals surface area (Å²) in [6.45, 7) is 4.22. The Morgan fingerprint density at radius 2 is 2.11 bits per heavy atom. The molecule has 4 nitrogen and oxygen atoms in total. The van der Waals surface area contributed by atoms with Crippen LogP contribution in [0.5, 0.6) is 0 Å². The quantitative estimate of drug-likeness (QED) is 0.774. The van der Waals surface area contributed by atoms with Crippen LogP contribution in [0.4, 0.5) is 10.1 Å². The van der Waals surface area contributed by atoms with Crippen molar-refractivity contribution in [2.24, 2.45) is 0 Å². The van der Waals surface area contributed by atoms with Gasteiger partial charge in [0.1, 0.15) is 17.4 Å². The lowest BCUT2D eigenvalue weighted by Crippen LogP contribution is -2.33. The van der Waals surface area contributed by atoms with Crippen LogP contribution in [0.3, 0.4) is 0 Å². The van der Waals surface area contributed by atoms with E-state index in [1.807, 2.05) is 11.0 Å². The van der Waals surface area contributed by atoms with E-state index in [1.54, 1.807) is 24.0 Å². The van der Waals surface area contributed by atoms with Crippen LogP contribution in [-0.4, -0.2) is 37.0 Å². The summed E-state index contributed by atoms with van der Waals surface area (Å²) in [5.41, 5.74) is 0.701. The summed E-state index contributed by atoms with van der Waals surface area (Å²) in [5, 5.41) is 9.06. The molecule has 5 heteroatoms. The summed E-state index contributed by atoms with van der Waals surface area (Å²) in [6, 6.07) is 6.58. The fourth-order valence-corrected chi connectivity index (χ4v) is 2.36. The zero-order chi connectivity index (χ0) is 13.8. The second kappa shape index (κ2) is 5.70. The van der Waals surface area contributed by atoms with E-state index >= 15 is 0 Å². The molecule has 0 N–H and O–H groups in total. The predicted octanol–water partition coefficient (Wildman–Crippen LogP) is 1.76. The molecule has 0 unspecified atom stereocenters. The first-order valence-electron chi connectivity index (χ1n) is 6.32. The number of carbonyl (C=O) groups excluding carboxylic acids is 1. The molecular formula is C14H16FN3O. The van der Waals surface area contributed by atoms with Gasteiger partial charge in [0.25, 0.3) is 0 Å². The third-order valence-corrected chi connectivity index (χ3v) is 3.39. The van der Waals surface area contributed by atoms with Crippen molar-refractivity contribution >= 4 is 11.6 Å². The van der Waals surface area contributed by atoms with Crippen molar-refractivity contribution in [2.75, 3.05) is 31.1 Å². The molecule has 2 rings (SSSR count). The molecule has 1 saturated heterocycles. The largest absolute Gasteiger partial charge is 0.369 e. The van der Waals surface area contributed by atoms with E-state index in [9.17, 15) is 9.18 Å². The van der Waals surface area contributed by atoms with E-state index < -0.39 is 5.82 Å². The van der Waals surface area contributed by atoms with Crippen molar-refractivity contribution in [1.29, 1.82) is 5.26 Å². The van der Waals surface area contributed by atoms with E-state index in [0.29, 0.717) is 25.3 Å². The minimum absolute atomic E-state index is 0.0570. The lowest BCUT2D eigenvalue weighted by molar-refractivity contribution is -0.128. The van der Waals surface area contributed by atoms with E-state index in [4.69, 9.17) is 5.26 Å². The average Bonchev–Trinajstić information content (AvgIpc) is 2.64. The highest BCUT2D eigenvalue weighted by Gasteiger charge is 2.19. The van der Waals surface area contributed by atoms with Gasteiger partial charge in [-0.3, -0.25) is 4.79 Å². The van der Waals surface area contributed by atoms with Gasteiger partial charge >= 0.3 is 0 Å². The summed E-state index contributed by atoms with van der Waals surface area (Å²) >= 11 is 0. The normalized spacial score (nSPS) is 15.8. The summed E-state index contributed by atoms with van der Waals surface area (Å²) in [5.74, 6) is -0.436. The van der Waals surface area contributed by atoms with Gasteiger partial charge in [-0.15, -0.1) is 0 Å². The highest BCUT2D eigenvalue weighted by molar-refractivity contribution is 5.73. The number of hydrogen-bond acceptors (Lipinski definition) is 3. The Labute approximate surface area is 112 Å². The number of hydrogen-bond donors (Lipinski definition) is 0. The van der Waals surface area contributed by atoms with Gasteiger partial charge in [-0.2, -0.15) is 5.26 Å². The first-order valence-corrected chi connectivity index (χ1v) is 6.32. The maximum Gasteiger partial charge on any atom is 0.219 e. The molecule has 0 aromatic heterocycles. The number of rotatable bonds is 1. The summed E-state index contributed by atoms with van der Waals surface area (Å²) in [6.07, 6.45) is 0.820. The lowest BCUT2D eigenvalue weighted by atomic mass is 10.1. The number of anilines is 1. The summed E-state index contributed by atoms with van der Waals surface area (Å²) < 4.78 is 13.6. The second-order valence-electron chi connectivity index (χ2n) is 4.59. The molecule has 0 radical (unpaired) electrons. The number of amides is 1. The van der Waals surface area contributed by atoms with E-state index in [2.05, 4.69) is 0 Å². The standard InChI is InChI=1S/C14H16FN3O/c1-11(19)17-6-3-7-18(9-8-17)14-5-2-4-13(15)12(14)10-16/h2,4-5H,3,6-9H2,1H3. The molecule has 0 saturated carbocycles. The van der Waals surface area contributed by atoms with Gasteiger partial charge in [0.05, 0.1) is 5.69 Å². The minimum Gasteiger partial charge on any atom is -0.369 e. The van der Waals surface area contributed by atoms with Gasteiger partial charge in [0, 0.05) is 33.1 Å². The first kappa shape index (κ1) is 13.3. The molecule has 1 fully saturated rings. The number of nitriles is 1. The van der Waals surface area contributed by atoms with Crippen LogP contribution in [0, 0.1) is 17.1 Å². The van der Waals surface area contributed by atoms with Crippen LogP contribution < -0.4 is 4.90 Å². The second-order valence-corrected chi connectivity index (χ2v) is 4.59. The number of nitrogens with zero attached hydrogens (tertiary/aromatic N) is 3. The highest BCUT2D eigenvalue weighted by atomic mass is 19.1. The molecule has 0 aliphatic carbocycles. The van der Waals surface area contributed by atoms with Gasteiger partial charge in [0.15, 0.2) is 0 Å². The maximum atomic E-state index is 13.6. The molecule has 1 aliphatic heterocycles. The monoisotopic (exact) mass is 261 g/mol. The van der Waals surface area contributed by atoms with Gasteiger partial charge in [0.2, 0.25) is 5.91 Å². The van der Waals surface area contributed by atoms with E-state index in [0.717, 1.165) is 13.0 Å². The van der Waals surface area contributed by atoms with Crippen LogP contribution in [0.15, 0.2) is 18.2 Å². The van der Waals surface area contributed by atoms with E-state index in [1.165, 1.54) is 6.07 Å². The SMILES string of the molecule is CC(=O)N1CCCN(c2cccc(F)c2C#N)CC1. The molecule has 1 heterocycles. The molecular weight excluding hydrogens is 245 g/mol. The molecule has 1 aromatic carbocycles. The topological polar surface area (TPSA) is 47.3 Å². The Balaban J connectivity index is 2.22. The highest BCUT2D eigenvalue weighted by Crippen LogP contribution is 2.23. The van der Waals surface area contributed by atoms with Gasteiger partial charge in [-0.1, -0.05) is 6.07 Å². The fraction of sp³-hybridized carbons (Fsp3) is 0.429. The fourth-order valence-electron chi connectivity index (χ4n) is 2.36. The predicted molar refractivity (Wildman–Crippen MR) is 70.2 cm³/mol. The van der Waals surface area contributed by atoms with Crippen LogP contribution in [0.2, 0.25) is 0 Å². The Hall–Kier alpha value is -2.09. The third kappa shape index (κ3) is 2.84. The van der Waals surface area contributed by atoms with Crippen molar-refractivity contribution in [3.05, 3.63) is 29.6 Å².